The first kappa shape index (κ1) is 16.3. The van der Waals surface area contributed by atoms with Crippen LogP contribution in [0.2, 0.25) is 0 Å². The third-order valence-electron chi connectivity index (χ3n) is 3.78. The summed E-state index contributed by atoms with van der Waals surface area (Å²) in [6.45, 7) is 2.74. The number of alkyl halides is 3. The molecule has 1 aliphatic rings. The topological polar surface area (TPSA) is 60.3 Å². The lowest BCUT2D eigenvalue weighted by molar-refractivity contribution is -0.137. The Bertz CT molecular complexity index is 786. The fourth-order valence-corrected chi connectivity index (χ4v) is 2.64. The number of hydrogen-bond donors (Lipinski definition) is 0. The molecule has 2 aromatic rings. The number of ether oxygens (including phenoxy) is 1. The van der Waals surface area contributed by atoms with Gasteiger partial charge in [0.15, 0.2) is 5.69 Å². The van der Waals surface area contributed by atoms with Crippen LogP contribution in [0.1, 0.15) is 27.4 Å². The molecule has 0 fully saturated rings. The molecule has 0 spiro atoms. The van der Waals surface area contributed by atoms with Crippen LogP contribution in [0, 0.1) is 6.92 Å². The summed E-state index contributed by atoms with van der Waals surface area (Å²) in [4.78, 5) is 17.5. The first-order chi connectivity index (χ1) is 11.3. The number of fused-ring (bicyclic) bond motifs is 1. The highest BCUT2D eigenvalue weighted by Gasteiger charge is 2.32. The molecule has 9 heteroatoms. The van der Waals surface area contributed by atoms with E-state index in [2.05, 4.69) is 14.8 Å². The Hall–Kier alpha value is -2.58. The fraction of sp³-hybridized carbons (Fsp3) is 0.400. The number of methoxy groups -OCH3 is 1. The van der Waals surface area contributed by atoms with Gasteiger partial charge in [-0.2, -0.15) is 18.3 Å². The van der Waals surface area contributed by atoms with Gasteiger partial charge in [-0.3, -0.25) is 4.68 Å². The standard InChI is InChI=1S/C15H15F3N4O2/c1-9-5-10(15(16,17)18)6-13(19-9)21-3-4-22-11(8-21)7-12(20-22)14(23)24-2/h5-7H,3-4,8H2,1-2H3. The van der Waals surface area contributed by atoms with Crippen LogP contribution in [0.25, 0.3) is 0 Å². The number of aryl methyl sites for hydroxylation is 1. The Labute approximate surface area is 135 Å². The summed E-state index contributed by atoms with van der Waals surface area (Å²) in [5.41, 5.74) is 0.481. The van der Waals surface area contributed by atoms with E-state index in [0.717, 1.165) is 17.8 Å². The summed E-state index contributed by atoms with van der Waals surface area (Å²) in [5.74, 6) is -0.286. The Morgan fingerprint density at radius 2 is 2.00 bits per heavy atom. The Balaban J connectivity index is 1.89. The zero-order valence-corrected chi connectivity index (χ0v) is 13.1. The quantitative estimate of drug-likeness (QED) is 0.786. The van der Waals surface area contributed by atoms with Crippen molar-refractivity contribution >= 4 is 11.8 Å². The van der Waals surface area contributed by atoms with Crippen LogP contribution < -0.4 is 4.90 Å². The van der Waals surface area contributed by atoms with Crippen molar-refractivity contribution in [3.63, 3.8) is 0 Å². The molecule has 6 nitrogen and oxygen atoms in total. The van der Waals surface area contributed by atoms with E-state index < -0.39 is 17.7 Å². The van der Waals surface area contributed by atoms with Crippen LogP contribution in [0.3, 0.4) is 0 Å². The minimum absolute atomic E-state index is 0.183. The van der Waals surface area contributed by atoms with Gasteiger partial charge in [0.2, 0.25) is 0 Å². The Kier molecular flexibility index (Phi) is 3.94. The number of hydrogen-bond acceptors (Lipinski definition) is 5. The highest BCUT2D eigenvalue weighted by atomic mass is 19.4. The zero-order chi connectivity index (χ0) is 17.5. The molecule has 0 aromatic carbocycles. The number of nitrogens with zero attached hydrogens (tertiary/aromatic N) is 4. The lowest BCUT2D eigenvalue weighted by atomic mass is 10.2. The molecule has 0 atom stereocenters. The first-order valence-corrected chi connectivity index (χ1v) is 7.24. The van der Waals surface area contributed by atoms with Gasteiger partial charge in [-0.25, -0.2) is 9.78 Å². The molecule has 0 radical (unpaired) electrons. The van der Waals surface area contributed by atoms with Crippen molar-refractivity contribution in [2.75, 3.05) is 18.6 Å². The maximum Gasteiger partial charge on any atom is 0.416 e. The first-order valence-electron chi connectivity index (χ1n) is 7.24. The maximum absolute atomic E-state index is 13.0. The molecule has 3 rings (SSSR count). The SMILES string of the molecule is COC(=O)c1cc2n(n1)CCN(c1cc(C(F)(F)F)cc(C)n1)C2. The monoisotopic (exact) mass is 340 g/mol. The molecule has 0 amide bonds. The predicted octanol–water partition coefficient (Wildman–Crippen LogP) is 2.41. The van der Waals surface area contributed by atoms with E-state index in [1.54, 1.807) is 15.6 Å². The summed E-state index contributed by atoms with van der Waals surface area (Å²) < 4.78 is 45.2. The second kappa shape index (κ2) is 5.81. The minimum Gasteiger partial charge on any atom is -0.464 e. The highest BCUT2D eigenvalue weighted by Crippen LogP contribution is 2.32. The van der Waals surface area contributed by atoms with E-state index in [4.69, 9.17) is 0 Å². The van der Waals surface area contributed by atoms with Crippen LogP contribution in [0.5, 0.6) is 0 Å². The van der Waals surface area contributed by atoms with E-state index in [0.29, 0.717) is 25.3 Å². The lowest BCUT2D eigenvalue weighted by Gasteiger charge is -2.29. The third-order valence-corrected chi connectivity index (χ3v) is 3.78. The van der Waals surface area contributed by atoms with Crippen molar-refractivity contribution in [2.24, 2.45) is 0 Å². The number of anilines is 1. The smallest absolute Gasteiger partial charge is 0.416 e. The summed E-state index contributed by atoms with van der Waals surface area (Å²) in [6.07, 6.45) is -4.42. The van der Waals surface area contributed by atoms with Gasteiger partial charge in [-0.05, 0) is 25.1 Å². The minimum atomic E-state index is -4.42. The molecule has 2 aromatic heterocycles. The average Bonchev–Trinajstić information content (AvgIpc) is 2.95. The molecule has 1 aliphatic heterocycles. The van der Waals surface area contributed by atoms with Crippen molar-refractivity contribution in [1.29, 1.82) is 0 Å². The number of esters is 1. The van der Waals surface area contributed by atoms with Crippen LogP contribution >= 0.6 is 0 Å². The number of halogens is 3. The van der Waals surface area contributed by atoms with Crippen molar-refractivity contribution in [1.82, 2.24) is 14.8 Å². The third kappa shape index (κ3) is 3.06. The van der Waals surface area contributed by atoms with Crippen molar-refractivity contribution in [3.05, 3.63) is 40.8 Å². The average molecular weight is 340 g/mol. The van der Waals surface area contributed by atoms with Crippen LogP contribution in [-0.4, -0.2) is 34.4 Å². The molecular formula is C15H15F3N4O2. The van der Waals surface area contributed by atoms with Crippen molar-refractivity contribution < 1.29 is 22.7 Å². The molecule has 0 N–H and O–H groups in total. The van der Waals surface area contributed by atoms with Gasteiger partial charge < -0.3 is 9.64 Å². The van der Waals surface area contributed by atoms with Gasteiger partial charge >= 0.3 is 12.1 Å². The van der Waals surface area contributed by atoms with Gasteiger partial charge in [-0.1, -0.05) is 0 Å². The summed E-state index contributed by atoms with van der Waals surface area (Å²) >= 11 is 0. The number of carbonyl (C=O) groups is 1. The number of carbonyl (C=O) groups excluding carboxylic acids is 1. The van der Waals surface area contributed by atoms with Crippen molar-refractivity contribution in [3.8, 4) is 0 Å². The van der Waals surface area contributed by atoms with Gasteiger partial charge in [0.05, 0.1) is 31.5 Å². The van der Waals surface area contributed by atoms with Gasteiger partial charge in [0.1, 0.15) is 5.82 Å². The van der Waals surface area contributed by atoms with E-state index >= 15 is 0 Å². The van der Waals surface area contributed by atoms with Crippen LogP contribution in [-0.2, 0) is 24.0 Å². The lowest BCUT2D eigenvalue weighted by Crippen LogP contribution is -2.34. The normalized spacial score (nSPS) is 14.5. The molecule has 0 saturated heterocycles. The van der Waals surface area contributed by atoms with Crippen molar-refractivity contribution in [2.45, 2.75) is 26.2 Å². The van der Waals surface area contributed by atoms with E-state index in [1.165, 1.54) is 14.0 Å². The summed E-state index contributed by atoms with van der Waals surface area (Å²) in [6, 6.07) is 3.64. The van der Waals surface area contributed by atoms with Crippen LogP contribution in [0.15, 0.2) is 18.2 Å². The Morgan fingerprint density at radius 1 is 1.25 bits per heavy atom. The molecule has 24 heavy (non-hydrogen) atoms. The highest BCUT2D eigenvalue weighted by molar-refractivity contribution is 5.87. The fourth-order valence-electron chi connectivity index (χ4n) is 2.64. The van der Waals surface area contributed by atoms with Crippen LogP contribution in [0.4, 0.5) is 19.0 Å². The van der Waals surface area contributed by atoms with E-state index in [-0.39, 0.29) is 11.5 Å². The molecule has 0 aliphatic carbocycles. The van der Waals surface area contributed by atoms with Gasteiger partial charge in [0, 0.05) is 12.2 Å². The number of pyridine rings is 1. The van der Waals surface area contributed by atoms with Gasteiger partial charge in [0.25, 0.3) is 0 Å². The molecule has 0 bridgehead atoms. The second-order valence-corrected chi connectivity index (χ2v) is 5.51. The van der Waals surface area contributed by atoms with E-state index in [1.807, 2.05) is 0 Å². The molecule has 0 saturated carbocycles. The van der Waals surface area contributed by atoms with E-state index in [9.17, 15) is 18.0 Å². The van der Waals surface area contributed by atoms with Gasteiger partial charge in [-0.15, -0.1) is 0 Å². The number of rotatable bonds is 2. The molecule has 3 heterocycles. The molecule has 0 unspecified atom stereocenters. The summed E-state index contributed by atoms with van der Waals surface area (Å²) in [5, 5.41) is 4.14. The molecular weight excluding hydrogens is 325 g/mol. The predicted molar refractivity (Wildman–Crippen MR) is 78.6 cm³/mol. The maximum atomic E-state index is 13.0. The zero-order valence-electron chi connectivity index (χ0n) is 13.1. The largest absolute Gasteiger partial charge is 0.464 e. The second-order valence-electron chi connectivity index (χ2n) is 5.51. The Morgan fingerprint density at radius 3 is 2.67 bits per heavy atom. The number of aromatic nitrogens is 3. The molecule has 128 valence electrons. The summed E-state index contributed by atoms with van der Waals surface area (Å²) in [7, 11) is 1.27.